The Kier molecular flexibility index (Phi) is 4.52. The molecule has 1 N–H and O–H groups in total. The summed E-state index contributed by atoms with van der Waals surface area (Å²) in [7, 11) is 0. The average Bonchev–Trinajstić information content (AvgIpc) is 3.32. The lowest BCUT2D eigenvalue weighted by atomic mass is 9.48. The first-order valence-corrected chi connectivity index (χ1v) is 12.9. The summed E-state index contributed by atoms with van der Waals surface area (Å²) in [5.41, 5.74) is 0.961. The molecule has 32 heavy (non-hydrogen) atoms. The molecule has 5 saturated carbocycles. The SMILES string of the molecule is [C-]#[N+]c1cn(CC(=O)[C@H]2[C@H]3C[C@H]3[C@H]3[C@@H]4CC[C@@H]5C[C@](C)(O)CC[C@@H]5[C@H]4CC[C@@]32C)nc1C. The maximum absolute atomic E-state index is 13.6. The number of aryl methyl sites for hydroxylation is 1. The second-order valence-corrected chi connectivity index (χ2v) is 12.6. The molecule has 1 aromatic heterocycles. The molecule has 0 aliphatic heterocycles. The summed E-state index contributed by atoms with van der Waals surface area (Å²) >= 11 is 0. The molecule has 5 aliphatic rings. The Morgan fingerprint density at radius 1 is 1.16 bits per heavy atom. The van der Waals surface area contributed by atoms with Crippen LogP contribution < -0.4 is 0 Å². The molecule has 5 heteroatoms. The van der Waals surface area contributed by atoms with Crippen LogP contribution >= 0.6 is 0 Å². The van der Waals surface area contributed by atoms with Crippen molar-refractivity contribution in [2.75, 3.05) is 0 Å². The lowest BCUT2D eigenvalue weighted by molar-refractivity contribution is -0.136. The van der Waals surface area contributed by atoms with Crippen molar-refractivity contribution >= 4 is 11.5 Å². The van der Waals surface area contributed by atoms with Gasteiger partial charge in [0, 0.05) is 12.1 Å². The van der Waals surface area contributed by atoms with Crippen molar-refractivity contribution in [3.8, 4) is 0 Å². The number of aliphatic hydroxyl groups is 1. The number of aromatic nitrogens is 2. The Morgan fingerprint density at radius 3 is 2.69 bits per heavy atom. The van der Waals surface area contributed by atoms with Crippen LogP contribution in [0.3, 0.4) is 0 Å². The standard InChI is InChI=1S/C27H37N3O2/c1-15-22(28-4)13-30(29-15)14-23(31)25-21-11-20(21)24-19-6-5-16-12-26(2,32)9-7-17(16)18(19)8-10-27(24,25)3/h13,16-21,24-25,32H,5-12,14H2,1-3H3/t16-,17+,18-,19-,20-,21+,24-,25-,26-,27+/m1/s1. The minimum Gasteiger partial charge on any atom is -0.390 e. The molecule has 0 amide bonds. The monoisotopic (exact) mass is 435 g/mol. The Morgan fingerprint density at radius 2 is 1.94 bits per heavy atom. The van der Waals surface area contributed by atoms with Crippen molar-refractivity contribution in [3.63, 3.8) is 0 Å². The third-order valence-corrected chi connectivity index (χ3v) is 10.7. The number of hydrogen-bond acceptors (Lipinski definition) is 3. The zero-order valence-electron chi connectivity index (χ0n) is 19.8. The summed E-state index contributed by atoms with van der Waals surface area (Å²) in [5, 5.41) is 15.1. The molecule has 6 rings (SSSR count). The first-order valence-electron chi connectivity index (χ1n) is 12.9. The predicted molar refractivity (Wildman–Crippen MR) is 122 cm³/mol. The zero-order chi connectivity index (χ0) is 22.4. The van der Waals surface area contributed by atoms with Gasteiger partial charge in [-0.3, -0.25) is 9.48 Å². The lowest BCUT2D eigenvalue weighted by Gasteiger charge is -2.57. The van der Waals surface area contributed by atoms with Gasteiger partial charge in [-0.05, 0) is 112 Å². The summed E-state index contributed by atoms with van der Waals surface area (Å²) in [6.45, 7) is 13.9. The predicted octanol–water partition coefficient (Wildman–Crippen LogP) is 5.19. The molecular weight excluding hydrogens is 398 g/mol. The highest BCUT2D eigenvalue weighted by atomic mass is 16.3. The van der Waals surface area contributed by atoms with Gasteiger partial charge in [0.1, 0.15) is 0 Å². The van der Waals surface area contributed by atoms with E-state index in [4.69, 9.17) is 6.57 Å². The van der Waals surface area contributed by atoms with E-state index < -0.39 is 5.60 Å². The van der Waals surface area contributed by atoms with Gasteiger partial charge in [-0.2, -0.15) is 5.10 Å². The van der Waals surface area contributed by atoms with Crippen molar-refractivity contribution in [2.24, 2.45) is 52.8 Å². The van der Waals surface area contributed by atoms with Crippen LogP contribution in [0.5, 0.6) is 0 Å². The lowest BCUT2D eigenvalue weighted by Crippen LogP contribution is -2.52. The summed E-state index contributed by atoms with van der Waals surface area (Å²) in [4.78, 5) is 17.1. The summed E-state index contributed by atoms with van der Waals surface area (Å²) < 4.78 is 1.71. The molecule has 5 nitrogen and oxygen atoms in total. The molecule has 172 valence electrons. The molecular formula is C27H37N3O2. The van der Waals surface area contributed by atoms with Crippen molar-refractivity contribution in [2.45, 2.75) is 84.3 Å². The maximum Gasteiger partial charge on any atom is 0.227 e. The summed E-state index contributed by atoms with van der Waals surface area (Å²) in [6, 6.07) is 0. The van der Waals surface area contributed by atoms with Gasteiger partial charge in [-0.1, -0.05) is 6.92 Å². The van der Waals surface area contributed by atoms with Gasteiger partial charge < -0.3 is 5.11 Å². The molecule has 0 spiro atoms. The van der Waals surface area contributed by atoms with Crippen LogP contribution in [-0.2, 0) is 11.3 Å². The number of Topliss-reactive ketones (excluding diaryl/α,β-unsaturated/α-hetero) is 1. The number of fused-ring (bicyclic) bond motifs is 7. The molecule has 0 radical (unpaired) electrons. The number of carbonyl (C=O) groups excluding carboxylic acids is 1. The van der Waals surface area contributed by atoms with Gasteiger partial charge in [0.2, 0.25) is 5.69 Å². The van der Waals surface area contributed by atoms with Gasteiger partial charge in [-0.15, -0.1) is 0 Å². The topological polar surface area (TPSA) is 59.5 Å². The van der Waals surface area contributed by atoms with Crippen LogP contribution in [-0.4, -0.2) is 26.3 Å². The van der Waals surface area contributed by atoms with Crippen LogP contribution in [0.2, 0.25) is 0 Å². The van der Waals surface area contributed by atoms with Gasteiger partial charge >= 0.3 is 0 Å². The van der Waals surface area contributed by atoms with E-state index in [1.54, 1.807) is 10.9 Å². The van der Waals surface area contributed by atoms with E-state index in [0.29, 0.717) is 35.8 Å². The van der Waals surface area contributed by atoms with Crippen molar-refractivity contribution in [3.05, 3.63) is 23.3 Å². The molecule has 10 atom stereocenters. The number of ketones is 1. The average molecular weight is 436 g/mol. The first-order chi connectivity index (χ1) is 15.2. The van der Waals surface area contributed by atoms with Crippen LogP contribution in [0.4, 0.5) is 5.69 Å². The van der Waals surface area contributed by atoms with E-state index in [0.717, 1.165) is 42.2 Å². The van der Waals surface area contributed by atoms with E-state index >= 15 is 0 Å². The molecule has 0 unspecified atom stereocenters. The number of rotatable bonds is 3. The molecule has 1 aromatic rings. The molecule has 1 heterocycles. The Balaban J connectivity index is 1.22. The van der Waals surface area contributed by atoms with Crippen molar-refractivity contribution in [1.82, 2.24) is 9.78 Å². The molecule has 0 aromatic carbocycles. The van der Waals surface area contributed by atoms with Gasteiger partial charge in [0.25, 0.3) is 0 Å². The summed E-state index contributed by atoms with van der Waals surface area (Å²) in [6.07, 6.45) is 11.2. The normalized spacial score (nSPS) is 48.7. The first kappa shape index (κ1) is 20.9. The fraction of sp³-hybridized carbons (Fsp3) is 0.815. The van der Waals surface area contributed by atoms with E-state index in [1.807, 2.05) is 13.8 Å². The molecule has 5 aliphatic carbocycles. The fourth-order valence-corrected chi connectivity index (χ4v) is 9.61. The summed E-state index contributed by atoms with van der Waals surface area (Å²) in [5.74, 6) is 5.66. The third-order valence-electron chi connectivity index (χ3n) is 10.7. The fourth-order valence-electron chi connectivity index (χ4n) is 9.61. The number of nitrogens with zero attached hydrogens (tertiary/aromatic N) is 3. The van der Waals surface area contributed by atoms with Crippen LogP contribution in [0, 0.1) is 66.3 Å². The Bertz CT molecular complexity index is 990. The highest BCUT2D eigenvalue weighted by Crippen LogP contribution is 2.74. The molecule has 0 bridgehead atoms. The van der Waals surface area contributed by atoms with E-state index in [9.17, 15) is 9.90 Å². The molecule has 0 saturated heterocycles. The second kappa shape index (κ2) is 6.92. The number of hydrogen-bond donors (Lipinski definition) is 1. The van der Waals surface area contributed by atoms with Crippen molar-refractivity contribution in [1.29, 1.82) is 0 Å². The van der Waals surface area contributed by atoms with Gasteiger partial charge in [0.15, 0.2) is 5.78 Å². The van der Waals surface area contributed by atoms with Crippen LogP contribution in [0.15, 0.2) is 6.20 Å². The molecule has 5 fully saturated rings. The van der Waals surface area contributed by atoms with E-state index in [2.05, 4.69) is 16.9 Å². The van der Waals surface area contributed by atoms with Crippen molar-refractivity contribution < 1.29 is 9.90 Å². The second-order valence-electron chi connectivity index (χ2n) is 12.6. The number of carbonyl (C=O) groups is 1. The highest BCUT2D eigenvalue weighted by molar-refractivity contribution is 5.83. The largest absolute Gasteiger partial charge is 0.390 e. The minimum absolute atomic E-state index is 0.143. The maximum atomic E-state index is 13.6. The zero-order valence-corrected chi connectivity index (χ0v) is 19.8. The smallest absolute Gasteiger partial charge is 0.227 e. The Hall–Kier alpha value is -1.67. The third kappa shape index (κ3) is 2.98. The van der Waals surface area contributed by atoms with E-state index in [1.165, 1.54) is 38.5 Å². The van der Waals surface area contributed by atoms with Gasteiger partial charge in [-0.25, -0.2) is 4.85 Å². The van der Waals surface area contributed by atoms with E-state index in [-0.39, 0.29) is 11.3 Å². The minimum atomic E-state index is -0.457. The van der Waals surface area contributed by atoms with Gasteiger partial charge in [0.05, 0.1) is 24.4 Å². The Labute approximate surface area is 191 Å². The quantitative estimate of drug-likeness (QED) is 0.665. The van der Waals surface area contributed by atoms with Crippen LogP contribution in [0.1, 0.15) is 70.9 Å². The van der Waals surface area contributed by atoms with Crippen LogP contribution in [0.25, 0.3) is 4.85 Å². The highest BCUT2D eigenvalue weighted by Gasteiger charge is 2.70.